The third-order valence-electron chi connectivity index (χ3n) is 3.65. The predicted molar refractivity (Wildman–Crippen MR) is 81.1 cm³/mol. The van der Waals surface area contributed by atoms with E-state index in [0.29, 0.717) is 6.04 Å². The summed E-state index contributed by atoms with van der Waals surface area (Å²) in [6.07, 6.45) is 3.92. The molecule has 4 nitrogen and oxygen atoms in total. The first-order valence-corrected chi connectivity index (χ1v) is 7.86. The second kappa shape index (κ2) is 5.43. The third-order valence-corrected chi connectivity index (χ3v) is 4.83. The second-order valence-electron chi connectivity index (χ2n) is 4.99. The molecule has 1 saturated heterocycles. The lowest BCUT2D eigenvalue weighted by Gasteiger charge is -2.39. The van der Waals surface area contributed by atoms with Crippen LogP contribution in [0.5, 0.6) is 0 Å². The molecule has 3 heterocycles. The molecule has 3 rings (SSSR count). The summed E-state index contributed by atoms with van der Waals surface area (Å²) in [5.41, 5.74) is 0. The van der Waals surface area contributed by atoms with Gasteiger partial charge >= 0.3 is 0 Å². The molecule has 19 heavy (non-hydrogen) atoms. The van der Waals surface area contributed by atoms with Gasteiger partial charge in [0.1, 0.15) is 17.0 Å². The zero-order valence-electron chi connectivity index (χ0n) is 11.5. The first-order chi connectivity index (χ1) is 9.33. The largest absolute Gasteiger partial charge is 0.350 e. The lowest BCUT2D eigenvalue weighted by molar-refractivity contribution is 0.411. The Hall–Kier alpha value is -1.20. The fourth-order valence-electron chi connectivity index (χ4n) is 2.49. The van der Waals surface area contributed by atoms with Gasteiger partial charge in [-0.25, -0.2) is 9.97 Å². The maximum absolute atomic E-state index is 4.57. The topological polar surface area (TPSA) is 41.1 Å². The van der Waals surface area contributed by atoms with Gasteiger partial charge in [-0.1, -0.05) is 13.8 Å². The highest BCUT2D eigenvalue weighted by Crippen LogP contribution is 2.31. The number of fused-ring (bicyclic) bond motifs is 1. The third kappa shape index (κ3) is 2.32. The molecular weight excluding hydrogens is 256 g/mol. The average Bonchev–Trinajstić information content (AvgIpc) is 2.79. The van der Waals surface area contributed by atoms with E-state index < -0.39 is 0 Å². The maximum Gasteiger partial charge on any atom is 0.141 e. The van der Waals surface area contributed by atoms with Crippen LogP contribution in [0.25, 0.3) is 10.2 Å². The van der Waals surface area contributed by atoms with E-state index in [1.807, 2.05) is 0 Å². The van der Waals surface area contributed by atoms with Gasteiger partial charge in [0.2, 0.25) is 0 Å². The zero-order chi connectivity index (χ0) is 13.2. The van der Waals surface area contributed by atoms with Crippen molar-refractivity contribution in [1.82, 2.24) is 15.3 Å². The van der Waals surface area contributed by atoms with E-state index in [1.165, 1.54) is 10.3 Å². The van der Waals surface area contributed by atoms with Crippen molar-refractivity contribution in [1.29, 1.82) is 0 Å². The van der Waals surface area contributed by atoms with Crippen LogP contribution in [0.1, 0.15) is 25.1 Å². The minimum absolute atomic E-state index is 0.586. The quantitative estimate of drug-likeness (QED) is 0.910. The Morgan fingerprint density at radius 1 is 1.37 bits per heavy atom. The standard InChI is InChI=1S/C14H20N4S/c1-3-5-18(10-7-15-8-10)13-12-6-11(4-2)19-14(12)17-9-16-13/h6,9-10,15H,3-5,7-8H2,1-2H3. The number of hydrogen-bond acceptors (Lipinski definition) is 5. The molecule has 0 aromatic carbocycles. The highest BCUT2D eigenvalue weighted by Gasteiger charge is 2.26. The fraction of sp³-hybridized carbons (Fsp3) is 0.571. The molecule has 1 fully saturated rings. The molecule has 0 aliphatic carbocycles. The normalized spacial score (nSPS) is 15.7. The molecule has 1 N–H and O–H groups in total. The molecule has 0 amide bonds. The van der Waals surface area contributed by atoms with Gasteiger partial charge in [0.05, 0.1) is 11.4 Å². The molecule has 1 aliphatic heterocycles. The van der Waals surface area contributed by atoms with Crippen molar-refractivity contribution in [2.45, 2.75) is 32.7 Å². The van der Waals surface area contributed by atoms with Crippen molar-refractivity contribution in [3.63, 3.8) is 0 Å². The van der Waals surface area contributed by atoms with E-state index in [2.05, 4.69) is 40.1 Å². The Morgan fingerprint density at radius 2 is 2.21 bits per heavy atom. The summed E-state index contributed by atoms with van der Waals surface area (Å²) in [5.74, 6) is 1.12. The fourth-order valence-corrected chi connectivity index (χ4v) is 3.42. The number of anilines is 1. The Balaban J connectivity index is 2.03. The summed E-state index contributed by atoms with van der Waals surface area (Å²) in [6, 6.07) is 2.85. The monoisotopic (exact) mass is 276 g/mol. The Labute approximate surface area is 117 Å². The molecule has 1 aliphatic rings. The van der Waals surface area contributed by atoms with E-state index >= 15 is 0 Å². The average molecular weight is 276 g/mol. The summed E-state index contributed by atoms with van der Waals surface area (Å²) in [5, 5.41) is 4.58. The molecule has 0 spiro atoms. The van der Waals surface area contributed by atoms with Crippen molar-refractivity contribution in [3.05, 3.63) is 17.3 Å². The number of rotatable bonds is 5. The van der Waals surface area contributed by atoms with E-state index in [9.17, 15) is 0 Å². The molecule has 0 bridgehead atoms. The van der Waals surface area contributed by atoms with Crippen LogP contribution in [0.2, 0.25) is 0 Å². The SMILES string of the molecule is CCCN(c1ncnc2sc(CC)cc12)C1CNC1. The number of thiophene rings is 1. The number of nitrogens with one attached hydrogen (secondary N) is 1. The van der Waals surface area contributed by atoms with Gasteiger partial charge in [-0.05, 0) is 18.9 Å². The van der Waals surface area contributed by atoms with Crippen LogP contribution < -0.4 is 10.2 Å². The predicted octanol–water partition coefficient (Wildman–Crippen LogP) is 2.44. The summed E-state index contributed by atoms with van der Waals surface area (Å²) < 4.78 is 0. The van der Waals surface area contributed by atoms with Crippen molar-refractivity contribution < 1.29 is 0 Å². The van der Waals surface area contributed by atoms with Crippen molar-refractivity contribution in [3.8, 4) is 0 Å². The highest BCUT2D eigenvalue weighted by molar-refractivity contribution is 7.18. The second-order valence-corrected chi connectivity index (χ2v) is 6.10. The number of aryl methyl sites for hydroxylation is 1. The molecule has 0 radical (unpaired) electrons. The Kier molecular flexibility index (Phi) is 3.66. The highest BCUT2D eigenvalue weighted by atomic mass is 32.1. The minimum Gasteiger partial charge on any atom is -0.350 e. The molecular formula is C14H20N4S. The summed E-state index contributed by atoms with van der Waals surface area (Å²) in [7, 11) is 0. The van der Waals surface area contributed by atoms with Crippen molar-refractivity contribution in [2.75, 3.05) is 24.5 Å². The lowest BCUT2D eigenvalue weighted by atomic mass is 10.1. The maximum atomic E-state index is 4.57. The molecule has 102 valence electrons. The molecule has 0 saturated carbocycles. The van der Waals surface area contributed by atoms with Crippen LogP contribution in [0, 0.1) is 0 Å². The van der Waals surface area contributed by atoms with E-state index in [0.717, 1.165) is 43.1 Å². The molecule has 2 aromatic heterocycles. The zero-order valence-corrected chi connectivity index (χ0v) is 12.3. The summed E-state index contributed by atoms with van der Waals surface area (Å²) >= 11 is 1.79. The van der Waals surface area contributed by atoms with Crippen LogP contribution in [0.4, 0.5) is 5.82 Å². The van der Waals surface area contributed by atoms with Gasteiger partial charge in [0, 0.05) is 24.5 Å². The van der Waals surface area contributed by atoms with Gasteiger partial charge in [-0.3, -0.25) is 0 Å². The van der Waals surface area contributed by atoms with Gasteiger partial charge < -0.3 is 10.2 Å². The van der Waals surface area contributed by atoms with Gasteiger partial charge in [0.25, 0.3) is 0 Å². The van der Waals surface area contributed by atoms with Crippen molar-refractivity contribution in [2.24, 2.45) is 0 Å². The Bertz CT molecular complexity index is 562. The van der Waals surface area contributed by atoms with Gasteiger partial charge in [-0.2, -0.15) is 0 Å². The summed E-state index contributed by atoms with van der Waals surface area (Å²) in [6.45, 7) is 7.61. The first-order valence-electron chi connectivity index (χ1n) is 7.04. The summed E-state index contributed by atoms with van der Waals surface area (Å²) in [4.78, 5) is 14.0. The smallest absolute Gasteiger partial charge is 0.141 e. The molecule has 0 atom stereocenters. The minimum atomic E-state index is 0.586. The molecule has 5 heteroatoms. The number of aromatic nitrogens is 2. The van der Waals surface area contributed by atoms with Gasteiger partial charge in [0.15, 0.2) is 0 Å². The number of hydrogen-bond donors (Lipinski definition) is 1. The molecule has 2 aromatic rings. The molecule has 0 unspecified atom stereocenters. The number of nitrogens with zero attached hydrogens (tertiary/aromatic N) is 3. The first kappa shape index (κ1) is 12.8. The van der Waals surface area contributed by atoms with E-state index in [4.69, 9.17) is 0 Å². The van der Waals surface area contributed by atoms with Crippen molar-refractivity contribution >= 4 is 27.4 Å². The van der Waals surface area contributed by atoms with Crippen LogP contribution >= 0.6 is 11.3 Å². The Morgan fingerprint density at radius 3 is 2.84 bits per heavy atom. The van der Waals surface area contributed by atoms with Crippen LogP contribution in [0.3, 0.4) is 0 Å². The van der Waals surface area contributed by atoms with Crippen LogP contribution in [-0.4, -0.2) is 35.6 Å². The van der Waals surface area contributed by atoms with E-state index in [-0.39, 0.29) is 0 Å². The van der Waals surface area contributed by atoms with Crippen LogP contribution in [0.15, 0.2) is 12.4 Å². The lowest BCUT2D eigenvalue weighted by Crippen LogP contribution is -2.57. The van der Waals surface area contributed by atoms with Crippen LogP contribution in [-0.2, 0) is 6.42 Å². The van der Waals surface area contributed by atoms with Gasteiger partial charge in [-0.15, -0.1) is 11.3 Å². The van der Waals surface area contributed by atoms with E-state index in [1.54, 1.807) is 17.7 Å².